The molecule has 2 nitrogen and oxygen atoms in total. The van der Waals surface area contributed by atoms with Gasteiger partial charge in [-0.2, -0.15) is 0 Å². The second-order valence-electron chi connectivity index (χ2n) is 3.51. The Bertz CT molecular complexity index is 233. The quantitative estimate of drug-likeness (QED) is 0.376. The summed E-state index contributed by atoms with van der Waals surface area (Å²) >= 11 is 0. The van der Waals surface area contributed by atoms with E-state index in [0.29, 0.717) is 23.8 Å². The number of fused-ring (bicyclic) bond motifs is 5. The molecule has 1 saturated heterocycles. The number of hydrogen-bond donors (Lipinski definition) is 1. The van der Waals surface area contributed by atoms with E-state index in [1.54, 1.807) is 0 Å². The van der Waals surface area contributed by atoms with Crippen LogP contribution in [0.25, 0.3) is 0 Å². The molecule has 0 spiro atoms. The number of rotatable bonds is 0. The standard InChI is InChI=1S/C8H9NO/c10-8-6-4-1-2-5(3-4)7(6)9-8/h1-2,4-7H,3H2,(H,9,10)/t4?,5?,6-,7?/m1/s1. The van der Waals surface area contributed by atoms with E-state index in [1.807, 2.05) is 0 Å². The van der Waals surface area contributed by atoms with Crippen LogP contribution >= 0.6 is 0 Å². The van der Waals surface area contributed by atoms with Crippen molar-refractivity contribution >= 4 is 5.91 Å². The van der Waals surface area contributed by atoms with Crippen LogP contribution in [-0.4, -0.2) is 11.9 Å². The number of amides is 1. The Morgan fingerprint density at radius 3 is 2.80 bits per heavy atom. The Balaban J connectivity index is 2.03. The molecule has 3 rings (SSSR count). The minimum atomic E-state index is 0.279. The molecule has 2 aliphatic carbocycles. The fraction of sp³-hybridized carbons (Fsp3) is 0.625. The lowest BCUT2D eigenvalue weighted by Crippen LogP contribution is -2.59. The summed E-state index contributed by atoms with van der Waals surface area (Å²) in [5, 5.41) is 2.95. The Kier molecular flexibility index (Phi) is 0.636. The van der Waals surface area contributed by atoms with Gasteiger partial charge in [0.15, 0.2) is 0 Å². The molecule has 1 aliphatic heterocycles. The highest BCUT2D eigenvalue weighted by Crippen LogP contribution is 2.47. The molecule has 0 aromatic rings. The topological polar surface area (TPSA) is 29.1 Å². The minimum Gasteiger partial charge on any atom is -0.352 e. The molecule has 1 saturated carbocycles. The second kappa shape index (κ2) is 1.29. The summed E-state index contributed by atoms with van der Waals surface area (Å²) in [7, 11) is 0. The van der Waals surface area contributed by atoms with Gasteiger partial charge in [0.1, 0.15) is 0 Å². The second-order valence-corrected chi connectivity index (χ2v) is 3.51. The van der Waals surface area contributed by atoms with E-state index < -0.39 is 0 Å². The molecule has 3 unspecified atom stereocenters. The summed E-state index contributed by atoms with van der Waals surface area (Å²) in [6, 6.07) is 0.516. The SMILES string of the molecule is O=C1NC2C3C=CC(C3)[C@@H]12. The summed E-state index contributed by atoms with van der Waals surface area (Å²) in [5.74, 6) is 1.90. The van der Waals surface area contributed by atoms with E-state index >= 15 is 0 Å². The zero-order valence-corrected chi connectivity index (χ0v) is 5.58. The number of β-lactam (4-membered cyclic amide) rings is 1. The van der Waals surface area contributed by atoms with E-state index in [-0.39, 0.29) is 5.91 Å². The lowest BCUT2D eigenvalue weighted by molar-refractivity contribution is -0.135. The third-order valence-corrected chi connectivity index (χ3v) is 3.07. The first-order valence-corrected chi connectivity index (χ1v) is 3.85. The summed E-state index contributed by atoms with van der Waals surface area (Å²) in [4.78, 5) is 11.0. The monoisotopic (exact) mass is 135 g/mol. The van der Waals surface area contributed by atoms with Crippen LogP contribution in [0.1, 0.15) is 6.42 Å². The van der Waals surface area contributed by atoms with Gasteiger partial charge in [0.05, 0.1) is 5.92 Å². The molecule has 1 N–H and O–H groups in total. The van der Waals surface area contributed by atoms with E-state index in [2.05, 4.69) is 17.5 Å². The molecule has 2 heteroatoms. The smallest absolute Gasteiger partial charge is 0.226 e. The van der Waals surface area contributed by atoms with E-state index in [1.165, 1.54) is 6.42 Å². The van der Waals surface area contributed by atoms with Gasteiger partial charge in [-0.05, 0) is 18.3 Å². The van der Waals surface area contributed by atoms with Gasteiger partial charge in [-0.1, -0.05) is 12.2 Å². The Labute approximate surface area is 59.3 Å². The van der Waals surface area contributed by atoms with Gasteiger partial charge >= 0.3 is 0 Å². The van der Waals surface area contributed by atoms with Crippen molar-refractivity contribution in [1.82, 2.24) is 5.32 Å². The van der Waals surface area contributed by atoms with Crippen LogP contribution in [0.4, 0.5) is 0 Å². The van der Waals surface area contributed by atoms with E-state index in [9.17, 15) is 4.79 Å². The number of nitrogens with one attached hydrogen (secondary N) is 1. The maximum atomic E-state index is 11.0. The van der Waals surface area contributed by atoms with Gasteiger partial charge in [-0.25, -0.2) is 0 Å². The van der Waals surface area contributed by atoms with Crippen LogP contribution in [0.3, 0.4) is 0 Å². The van der Waals surface area contributed by atoms with Crippen LogP contribution in [-0.2, 0) is 4.79 Å². The predicted molar refractivity (Wildman–Crippen MR) is 36.2 cm³/mol. The molecule has 0 aromatic carbocycles. The first-order chi connectivity index (χ1) is 4.86. The highest BCUT2D eigenvalue weighted by molar-refractivity contribution is 5.87. The molecule has 4 atom stereocenters. The third kappa shape index (κ3) is 0.349. The predicted octanol–water partition coefficient (Wildman–Crippen LogP) is 0.307. The van der Waals surface area contributed by atoms with Crippen molar-refractivity contribution in [2.45, 2.75) is 12.5 Å². The summed E-state index contributed by atoms with van der Waals surface area (Å²) in [6.45, 7) is 0. The lowest BCUT2D eigenvalue weighted by atomic mass is 9.82. The van der Waals surface area contributed by atoms with Crippen LogP contribution < -0.4 is 5.32 Å². The van der Waals surface area contributed by atoms with Crippen molar-refractivity contribution in [1.29, 1.82) is 0 Å². The summed E-state index contributed by atoms with van der Waals surface area (Å²) in [6.07, 6.45) is 5.68. The first-order valence-electron chi connectivity index (χ1n) is 3.85. The van der Waals surface area contributed by atoms with Crippen LogP contribution in [0.5, 0.6) is 0 Å². The Morgan fingerprint density at radius 2 is 2.20 bits per heavy atom. The van der Waals surface area contributed by atoms with E-state index in [4.69, 9.17) is 0 Å². The molecule has 2 fully saturated rings. The molecule has 0 aromatic heterocycles. The van der Waals surface area contributed by atoms with Crippen molar-refractivity contribution in [3.05, 3.63) is 12.2 Å². The number of carbonyl (C=O) groups is 1. The number of allylic oxidation sites excluding steroid dienone is 1. The normalized spacial score (nSPS) is 54.2. The molecule has 1 heterocycles. The first kappa shape index (κ1) is 4.94. The molecule has 0 radical (unpaired) electrons. The summed E-state index contributed by atoms with van der Waals surface area (Å²) in [5.41, 5.74) is 0. The minimum absolute atomic E-state index is 0.279. The molecular formula is C8H9NO. The van der Waals surface area contributed by atoms with Crippen LogP contribution in [0.15, 0.2) is 12.2 Å². The molecule has 1 amide bonds. The van der Waals surface area contributed by atoms with Crippen molar-refractivity contribution < 1.29 is 4.79 Å². The average Bonchev–Trinajstić information content (AvgIpc) is 2.40. The summed E-state index contributed by atoms with van der Waals surface area (Å²) < 4.78 is 0. The van der Waals surface area contributed by atoms with Crippen LogP contribution in [0.2, 0.25) is 0 Å². The van der Waals surface area contributed by atoms with E-state index in [0.717, 1.165) is 0 Å². The largest absolute Gasteiger partial charge is 0.352 e. The Morgan fingerprint density at radius 1 is 1.40 bits per heavy atom. The number of hydrogen-bond acceptors (Lipinski definition) is 1. The molecule has 2 bridgehead atoms. The zero-order chi connectivity index (χ0) is 6.72. The lowest BCUT2D eigenvalue weighted by Gasteiger charge is -2.37. The maximum absolute atomic E-state index is 11.0. The van der Waals surface area contributed by atoms with Gasteiger partial charge in [0.2, 0.25) is 5.91 Å². The van der Waals surface area contributed by atoms with Crippen molar-refractivity contribution in [2.24, 2.45) is 17.8 Å². The van der Waals surface area contributed by atoms with Crippen molar-refractivity contribution in [3.63, 3.8) is 0 Å². The molecule has 52 valence electrons. The van der Waals surface area contributed by atoms with Crippen molar-refractivity contribution in [3.8, 4) is 0 Å². The van der Waals surface area contributed by atoms with Gasteiger partial charge in [0.25, 0.3) is 0 Å². The van der Waals surface area contributed by atoms with Gasteiger partial charge < -0.3 is 5.32 Å². The number of carbonyl (C=O) groups excluding carboxylic acids is 1. The molecule has 3 aliphatic rings. The zero-order valence-electron chi connectivity index (χ0n) is 5.58. The van der Waals surface area contributed by atoms with Gasteiger partial charge in [-0.3, -0.25) is 4.79 Å². The molecular weight excluding hydrogens is 126 g/mol. The van der Waals surface area contributed by atoms with Gasteiger partial charge in [-0.15, -0.1) is 0 Å². The maximum Gasteiger partial charge on any atom is 0.226 e. The Hall–Kier alpha value is -0.790. The molecule has 10 heavy (non-hydrogen) atoms. The van der Waals surface area contributed by atoms with Gasteiger partial charge in [0, 0.05) is 6.04 Å². The fourth-order valence-corrected chi connectivity index (χ4v) is 2.54. The highest BCUT2D eigenvalue weighted by atomic mass is 16.2. The fourth-order valence-electron chi connectivity index (χ4n) is 2.54. The van der Waals surface area contributed by atoms with Crippen molar-refractivity contribution in [2.75, 3.05) is 0 Å². The van der Waals surface area contributed by atoms with Crippen LogP contribution in [0, 0.1) is 17.8 Å². The third-order valence-electron chi connectivity index (χ3n) is 3.07. The average molecular weight is 135 g/mol. The highest BCUT2D eigenvalue weighted by Gasteiger charge is 2.54.